The first-order valence-corrected chi connectivity index (χ1v) is 12.6. The summed E-state index contributed by atoms with van der Waals surface area (Å²) >= 11 is 12.1. The van der Waals surface area contributed by atoms with Crippen molar-refractivity contribution in [1.29, 1.82) is 0 Å². The van der Waals surface area contributed by atoms with E-state index in [0.29, 0.717) is 23.1 Å². The first kappa shape index (κ1) is 24.0. The zero-order chi connectivity index (χ0) is 25.1. The summed E-state index contributed by atoms with van der Waals surface area (Å²) in [6.07, 6.45) is 4.09. The number of rotatable bonds is 7. The van der Waals surface area contributed by atoms with E-state index in [9.17, 15) is 4.79 Å². The van der Waals surface area contributed by atoms with E-state index in [1.54, 1.807) is 6.20 Å². The van der Waals surface area contributed by atoms with Crippen molar-refractivity contribution in [3.63, 3.8) is 0 Å². The lowest BCUT2D eigenvalue weighted by molar-refractivity contribution is -0.116. The minimum Gasteiger partial charge on any atom is -0.352 e. The summed E-state index contributed by atoms with van der Waals surface area (Å²) in [5.41, 5.74) is 4.71. The number of nitrogens with zero attached hydrogens (tertiary/aromatic N) is 3. The maximum Gasteiger partial charge on any atom is 0.226 e. The minimum absolute atomic E-state index is 0.0580. The summed E-state index contributed by atoms with van der Waals surface area (Å²) in [6, 6.07) is 25.1. The molecule has 0 radical (unpaired) electrons. The summed E-state index contributed by atoms with van der Waals surface area (Å²) in [6.45, 7) is 2.44. The number of para-hydroxylation sites is 1. The molecule has 2 N–H and O–H groups in total. The average Bonchev–Trinajstić information content (AvgIpc) is 3.49. The fourth-order valence-electron chi connectivity index (χ4n) is 4.61. The number of benzene rings is 2. The minimum atomic E-state index is -0.175. The molecule has 6 nitrogen and oxygen atoms in total. The van der Waals surface area contributed by atoms with Gasteiger partial charge in [0.05, 0.1) is 17.8 Å². The molecule has 2 aromatic carbocycles. The Morgan fingerprint density at radius 2 is 1.92 bits per heavy atom. The molecule has 4 aromatic rings. The number of hydrogen-bond acceptors (Lipinski definition) is 3. The molecule has 0 aliphatic carbocycles. The van der Waals surface area contributed by atoms with E-state index in [1.807, 2.05) is 85.9 Å². The Bertz CT molecular complexity index is 1390. The quantitative estimate of drug-likeness (QED) is 0.303. The number of nitrogens with one attached hydrogen (secondary N) is 2. The van der Waals surface area contributed by atoms with Crippen LogP contribution in [0.4, 0.5) is 5.69 Å². The van der Waals surface area contributed by atoms with Crippen molar-refractivity contribution in [3.05, 3.63) is 113 Å². The number of pyridine rings is 1. The molecule has 0 spiro atoms. The van der Waals surface area contributed by atoms with Gasteiger partial charge in [-0.3, -0.25) is 9.78 Å². The Hall–Kier alpha value is -3.68. The van der Waals surface area contributed by atoms with Crippen LogP contribution in [0.5, 0.6) is 0 Å². The van der Waals surface area contributed by atoms with Gasteiger partial charge in [0, 0.05) is 47.5 Å². The van der Waals surface area contributed by atoms with Gasteiger partial charge >= 0.3 is 0 Å². The number of aromatic nitrogens is 2. The number of aryl methyl sites for hydroxylation is 1. The molecule has 1 saturated heterocycles. The molecule has 8 heteroatoms. The fraction of sp³-hybridized carbons (Fsp3) is 0.179. The standard InChI is InChI=1S/C28H26ClN5OS/c1-19-8-2-3-11-22(19)31-25(35)14-17-34-27(26(32-28(34)36)23-12-4-5-15-30-23)24-13-7-16-33(24)21-10-6-9-20(29)18-21/h2-13,15-16,18,26-27H,14,17H2,1H3,(H,31,35)(H,32,36)/t26-,27+/m0/s1. The van der Waals surface area contributed by atoms with E-state index in [1.165, 1.54) is 0 Å². The zero-order valence-corrected chi connectivity index (χ0v) is 21.3. The number of halogens is 1. The number of amides is 1. The van der Waals surface area contributed by atoms with Crippen LogP contribution in [0.1, 0.15) is 35.5 Å². The average molecular weight is 516 g/mol. The van der Waals surface area contributed by atoms with Gasteiger partial charge in [-0.2, -0.15) is 0 Å². The van der Waals surface area contributed by atoms with Gasteiger partial charge in [0.15, 0.2) is 5.11 Å². The van der Waals surface area contributed by atoms with E-state index in [2.05, 4.69) is 31.2 Å². The Morgan fingerprint density at radius 3 is 2.69 bits per heavy atom. The maximum absolute atomic E-state index is 12.9. The van der Waals surface area contributed by atoms with Gasteiger partial charge in [0.2, 0.25) is 5.91 Å². The first-order chi connectivity index (χ1) is 17.5. The Kier molecular flexibility index (Phi) is 7.02. The molecule has 1 amide bonds. The van der Waals surface area contributed by atoms with Crippen LogP contribution in [0.3, 0.4) is 0 Å². The number of carbonyl (C=O) groups is 1. The number of hydrogen-bond donors (Lipinski definition) is 2. The van der Waals surface area contributed by atoms with E-state index < -0.39 is 0 Å². The summed E-state index contributed by atoms with van der Waals surface area (Å²) in [5.74, 6) is -0.0580. The van der Waals surface area contributed by atoms with Gasteiger partial charge in [-0.05, 0) is 73.2 Å². The lowest BCUT2D eigenvalue weighted by atomic mass is 10.0. The molecule has 1 aliphatic rings. The molecule has 2 aromatic heterocycles. The van der Waals surface area contributed by atoms with Gasteiger partial charge in [0.25, 0.3) is 0 Å². The van der Waals surface area contributed by atoms with Crippen LogP contribution in [-0.2, 0) is 4.79 Å². The molecule has 36 heavy (non-hydrogen) atoms. The summed E-state index contributed by atoms with van der Waals surface area (Å²) < 4.78 is 2.11. The molecule has 0 saturated carbocycles. The van der Waals surface area contributed by atoms with Crippen LogP contribution in [0.2, 0.25) is 5.02 Å². The molecular formula is C28H26ClN5OS. The molecular weight excluding hydrogens is 490 g/mol. The van der Waals surface area contributed by atoms with Gasteiger partial charge in [-0.1, -0.05) is 41.9 Å². The largest absolute Gasteiger partial charge is 0.352 e. The molecule has 5 rings (SSSR count). The highest BCUT2D eigenvalue weighted by Gasteiger charge is 2.41. The van der Waals surface area contributed by atoms with Gasteiger partial charge in [-0.15, -0.1) is 0 Å². The second-order valence-corrected chi connectivity index (χ2v) is 9.54. The smallest absolute Gasteiger partial charge is 0.226 e. The topological polar surface area (TPSA) is 62.2 Å². The van der Waals surface area contributed by atoms with E-state index in [0.717, 1.165) is 28.3 Å². The lowest BCUT2D eigenvalue weighted by Gasteiger charge is -2.29. The SMILES string of the molecule is Cc1ccccc1NC(=O)CCN1C(=S)N[C@@H](c2ccccn2)[C@H]1c1cccn1-c1cccc(Cl)c1. The van der Waals surface area contributed by atoms with Crippen molar-refractivity contribution in [2.24, 2.45) is 0 Å². The van der Waals surface area contributed by atoms with Gasteiger partial charge < -0.3 is 20.1 Å². The molecule has 2 atom stereocenters. The number of thiocarbonyl (C=S) groups is 1. The Morgan fingerprint density at radius 1 is 1.08 bits per heavy atom. The Balaban J connectivity index is 1.45. The van der Waals surface area contributed by atoms with E-state index in [4.69, 9.17) is 23.8 Å². The molecule has 182 valence electrons. The van der Waals surface area contributed by atoms with Crippen LogP contribution >= 0.6 is 23.8 Å². The fourth-order valence-corrected chi connectivity index (χ4v) is 5.13. The maximum atomic E-state index is 12.9. The van der Waals surface area contributed by atoms with Crippen molar-refractivity contribution in [3.8, 4) is 5.69 Å². The predicted octanol–water partition coefficient (Wildman–Crippen LogP) is 5.84. The van der Waals surface area contributed by atoms with Crippen molar-refractivity contribution in [2.75, 3.05) is 11.9 Å². The highest BCUT2D eigenvalue weighted by Crippen LogP contribution is 2.39. The van der Waals surface area contributed by atoms with Gasteiger partial charge in [0.1, 0.15) is 0 Å². The highest BCUT2D eigenvalue weighted by atomic mass is 35.5. The molecule has 1 fully saturated rings. The van der Waals surface area contributed by atoms with Crippen LogP contribution in [0.15, 0.2) is 91.3 Å². The summed E-state index contributed by atoms with van der Waals surface area (Å²) in [5, 5.41) is 7.74. The third-order valence-corrected chi connectivity index (χ3v) is 6.95. The highest BCUT2D eigenvalue weighted by molar-refractivity contribution is 7.80. The third-order valence-electron chi connectivity index (χ3n) is 6.37. The van der Waals surface area contributed by atoms with Crippen LogP contribution in [0.25, 0.3) is 5.69 Å². The van der Waals surface area contributed by atoms with Crippen molar-refractivity contribution < 1.29 is 4.79 Å². The van der Waals surface area contributed by atoms with Crippen LogP contribution < -0.4 is 10.6 Å². The summed E-state index contributed by atoms with van der Waals surface area (Å²) in [7, 11) is 0. The second-order valence-electron chi connectivity index (χ2n) is 8.72. The predicted molar refractivity (Wildman–Crippen MR) is 147 cm³/mol. The van der Waals surface area contributed by atoms with Crippen LogP contribution in [-0.4, -0.2) is 32.0 Å². The van der Waals surface area contributed by atoms with E-state index >= 15 is 0 Å². The second kappa shape index (κ2) is 10.5. The van der Waals surface area contributed by atoms with Gasteiger partial charge in [-0.25, -0.2) is 0 Å². The summed E-state index contributed by atoms with van der Waals surface area (Å²) in [4.78, 5) is 19.6. The number of anilines is 1. The van der Waals surface area contributed by atoms with Crippen molar-refractivity contribution >= 4 is 40.5 Å². The normalized spacial score (nSPS) is 17.2. The zero-order valence-electron chi connectivity index (χ0n) is 19.8. The van der Waals surface area contributed by atoms with E-state index in [-0.39, 0.29) is 18.0 Å². The third kappa shape index (κ3) is 4.98. The molecule has 0 unspecified atom stereocenters. The molecule has 0 bridgehead atoms. The van der Waals surface area contributed by atoms with Crippen LogP contribution in [0, 0.1) is 6.92 Å². The number of carbonyl (C=O) groups excluding carboxylic acids is 1. The molecule has 3 heterocycles. The lowest BCUT2D eigenvalue weighted by Crippen LogP contribution is -2.33. The van der Waals surface area contributed by atoms with Crippen molar-refractivity contribution in [1.82, 2.24) is 19.8 Å². The van der Waals surface area contributed by atoms with Crippen molar-refractivity contribution in [2.45, 2.75) is 25.4 Å². The Labute approximate surface area is 220 Å². The molecule has 1 aliphatic heterocycles. The first-order valence-electron chi connectivity index (χ1n) is 11.8. The monoisotopic (exact) mass is 515 g/mol.